The lowest BCUT2D eigenvalue weighted by Gasteiger charge is -2.11. The molecule has 1 amide bonds. The normalized spacial score (nSPS) is 11.8. The third-order valence-electron chi connectivity index (χ3n) is 3.50. The number of carbonyl (C=O) groups is 1. The molecule has 0 aliphatic rings. The summed E-state index contributed by atoms with van der Waals surface area (Å²) in [6.07, 6.45) is 3.09. The number of nitrogens with one attached hydrogen (secondary N) is 2. The highest BCUT2D eigenvalue weighted by Crippen LogP contribution is 2.11. The maximum atomic E-state index is 12.1. The van der Waals surface area contributed by atoms with E-state index in [2.05, 4.69) is 20.6 Å². The van der Waals surface area contributed by atoms with Gasteiger partial charge in [0.15, 0.2) is 0 Å². The zero-order valence-electron chi connectivity index (χ0n) is 13.3. The molecular formula is C17H21ClN4O. The van der Waals surface area contributed by atoms with Crippen LogP contribution in [-0.4, -0.2) is 28.5 Å². The van der Waals surface area contributed by atoms with Gasteiger partial charge in [-0.2, -0.15) is 0 Å². The van der Waals surface area contributed by atoms with E-state index in [-0.39, 0.29) is 11.9 Å². The van der Waals surface area contributed by atoms with Gasteiger partial charge in [0, 0.05) is 23.7 Å². The Hall–Kier alpha value is -2.14. The summed E-state index contributed by atoms with van der Waals surface area (Å²) in [7, 11) is 0. The third kappa shape index (κ3) is 5.53. The van der Waals surface area contributed by atoms with Crippen molar-refractivity contribution in [2.24, 2.45) is 0 Å². The summed E-state index contributed by atoms with van der Waals surface area (Å²) < 4.78 is 0. The lowest BCUT2D eigenvalue weighted by Crippen LogP contribution is -2.32. The van der Waals surface area contributed by atoms with E-state index in [1.54, 1.807) is 6.07 Å². The molecule has 0 bridgehead atoms. The van der Waals surface area contributed by atoms with Gasteiger partial charge in [0.05, 0.1) is 0 Å². The summed E-state index contributed by atoms with van der Waals surface area (Å²) in [6, 6.07) is 9.53. The maximum Gasteiger partial charge on any atom is 0.270 e. The molecule has 1 unspecified atom stereocenters. The second-order valence-electron chi connectivity index (χ2n) is 5.38. The molecule has 0 spiro atoms. The molecule has 0 saturated carbocycles. The lowest BCUT2D eigenvalue weighted by molar-refractivity contribution is 0.0934. The summed E-state index contributed by atoms with van der Waals surface area (Å²) in [5, 5.41) is 6.82. The maximum absolute atomic E-state index is 12.1. The van der Waals surface area contributed by atoms with Crippen LogP contribution in [0.1, 0.15) is 36.3 Å². The fraction of sp³-hybridized carbons (Fsp3) is 0.353. The smallest absolute Gasteiger partial charge is 0.270 e. The highest BCUT2D eigenvalue weighted by Gasteiger charge is 2.10. The minimum absolute atomic E-state index is 0.122. The van der Waals surface area contributed by atoms with Crippen LogP contribution in [0, 0.1) is 0 Å². The van der Waals surface area contributed by atoms with E-state index in [1.165, 1.54) is 6.33 Å². The third-order valence-corrected chi connectivity index (χ3v) is 3.73. The van der Waals surface area contributed by atoms with Crippen molar-refractivity contribution in [2.75, 3.05) is 11.9 Å². The van der Waals surface area contributed by atoms with Crippen molar-refractivity contribution < 1.29 is 4.79 Å². The average molecular weight is 333 g/mol. The minimum Gasteiger partial charge on any atom is -0.370 e. The molecule has 0 radical (unpaired) electrons. The number of rotatable bonds is 7. The Bertz CT molecular complexity index is 663. The zero-order valence-corrected chi connectivity index (χ0v) is 14.1. The minimum atomic E-state index is -0.181. The molecule has 23 heavy (non-hydrogen) atoms. The van der Waals surface area contributed by atoms with Gasteiger partial charge in [-0.25, -0.2) is 9.97 Å². The number of halogens is 1. The van der Waals surface area contributed by atoms with Crippen LogP contribution in [0.2, 0.25) is 5.02 Å². The largest absolute Gasteiger partial charge is 0.370 e. The van der Waals surface area contributed by atoms with Crippen LogP contribution in [0.25, 0.3) is 0 Å². The van der Waals surface area contributed by atoms with Gasteiger partial charge < -0.3 is 10.6 Å². The van der Waals surface area contributed by atoms with E-state index < -0.39 is 0 Å². The fourth-order valence-electron chi connectivity index (χ4n) is 2.01. The number of hydrogen-bond donors (Lipinski definition) is 2. The number of nitrogens with zero attached hydrogens (tertiary/aromatic N) is 2. The quantitative estimate of drug-likeness (QED) is 0.816. The molecule has 0 aliphatic heterocycles. The van der Waals surface area contributed by atoms with Crippen molar-refractivity contribution in [3.05, 3.63) is 52.9 Å². The van der Waals surface area contributed by atoms with Gasteiger partial charge in [-0.15, -0.1) is 0 Å². The molecular weight excluding hydrogens is 312 g/mol. The van der Waals surface area contributed by atoms with Gasteiger partial charge in [0.25, 0.3) is 5.91 Å². The van der Waals surface area contributed by atoms with Crippen molar-refractivity contribution in [3.8, 4) is 0 Å². The molecule has 2 aromatic rings. The van der Waals surface area contributed by atoms with Gasteiger partial charge in [0.2, 0.25) is 0 Å². The molecule has 2 rings (SSSR count). The standard InChI is InChI=1S/C17H21ClN4O/c1-3-12(2)22-17(23)15-10-16(21-11-20-15)19-8-7-13-5-4-6-14(18)9-13/h4-6,9-12H,3,7-8H2,1-2H3,(H,22,23)(H,19,20,21). The van der Waals surface area contributed by atoms with Gasteiger partial charge in [-0.05, 0) is 37.5 Å². The van der Waals surface area contributed by atoms with Crippen molar-refractivity contribution in [1.82, 2.24) is 15.3 Å². The lowest BCUT2D eigenvalue weighted by atomic mass is 10.1. The van der Waals surface area contributed by atoms with E-state index in [1.807, 2.05) is 38.1 Å². The Labute approximate surface area is 141 Å². The Balaban J connectivity index is 1.91. The Kier molecular flexibility index (Phi) is 6.35. The molecule has 0 saturated heterocycles. The Morgan fingerprint density at radius 2 is 2.13 bits per heavy atom. The topological polar surface area (TPSA) is 66.9 Å². The van der Waals surface area contributed by atoms with Crippen molar-refractivity contribution in [2.45, 2.75) is 32.7 Å². The monoisotopic (exact) mass is 332 g/mol. The Morgan fingerprint density at radius 3 is 2.87 bits per heavy atom. The van der Waals surface area contributed by atoms with E-state index in [0.717, 1.165) is 23.4 Å². The molecule has 5 nitrogen and oxygen atoms in total. The fourth-order valence-corrected chi connectivity index (χ4v) is 2.22. The first-order chi connectivity index (χ1) is 11.1. The van der Waals surface area contributed by atoms with E-state index in [0.29, 0.717) is 18.1 Å². The van der Waals surface area contributed by atoms with Crippen LogP contribution < -0.4 is 10.6 Å². The van der Waals surface area contributed by atoms with Crippen LogP contribution in [0.15, 0.2) is 36.7 Å². The highest BCUT2D eigenvalue weighted by atomic mass is 35.5. The van der Waals surface area contributed by atoms with Crippen molar-refractivity contribution in [1.29, 1.82) is 0 Å². The second kappa shape index (κ2) is 8.48. The van der Waals surface area contributed by atoms with Crippen LogP contribution in [0.4, 0.5) is 5.82 Å². The van der Waals surface area contributed by atoms with Gasteiger partial charge in [0.1, 0.15) is 17.8 Å². The van der Waals surface area contributed by atoms with Gasteiger partial charge in [-0.1, -0.05) is 30.7 Å². The first-order valence-electron chi connectivity index (χ1n) is 7.69. The second-order valence-corrected chi connectivity index (χ2v) is 5.81. The molecule has 0 aliphatic carbocycles. The molecule has 2 N–H and O–H groups in total. The summed E-state index contributed by atoms with van der Waals surface area (Å²) in [4.78, 5) is 20.2. The highest BCUT2D eigenvalue weighted by molar-refractivity contribution is 6.30. The van der Waals surface area contributed by atoms with Crippen LogP contribution in [-0.2, 0) is 6.42 Å². The number of benzene rings is 1. The number of aromatic nitrogens is 2. The number of amides is 1. The summed E-state index contributed by atoms with van der Waals surface area (Å²) in [5.41, 5.74) is 1.51. The number of anilines is 1. The summed E-state index contributed by atoms with van der Waals surface area (Å²) in [6.45, 7) is 4.68. The van der Waals surface area contributed by atoms with Gasteiger partial charge in [-0.3, -0.25) is 4.79 Å². The molecule has 1 aromatic heterocycles. The number of carbonyl (C=O) groups excluding carboxylic acids is 1. The first-order valence-corrected chi connectivity index (χ1v) is 8.07. The van der Waals surface area contributed by atoms with E-state index in [9.17, 15) is 4.79 Å². The van der Waals surface area contributed by atoms with Crippen LogP contribution in [0.5, 0.6) is 0 Å². The molecule has 6 heteroatoms. The van der Waals surface area contributed by atoms with E-state index in [4.69, 9.17) is 11.6 Å². The first kappa shape index (κ1) is 17.2. The zero-order chi connectivity index (χ0) is 16.7. The van der Waals surface area contributed by atoms with E-state index >= 15 is 0 Å². The van der Waals surface area contributed by atoms with Crippen molar-refractivity contribution in [3.63, 3.8) is 0 Å². The van der Waals surface area contributed by atoms with Crippen molar-refractivity contribution >= 4 is 23.3 Å². The Morgan fingerprint density at radius 1 is 1.30 bits per heavy atom. The SMILES string of the molecule is CCC(C)NC(=O)c1cc(NCCc2cccc(Cl)c2)ncn1. The van der Waals surface area contributed by atoms with Crippen LogP contribution >= 0.6 is 11.6 Å². The molecule has 1 atom stereocenters. The molecule has 1 aromatic carbocycles. The molecule has 1 heterocycles. The number of hydrogen-bond acceptors (Lipinski definition) is 4. The average Bonchev–Trinajstić information content (AvgIpc) is 2.55. The predicted molar refractivity (Wildman–Crippen MR) is 92.9 cm³/mol. The van der Waals surface area contributed by atoms with Gasteiger partial charge >= 0.3 is 0 Å². The predicted octanol–water partition coefficient (Wildman–Crippen LogP) is 3.31. The van der Waals surface area contributed by atoms with Crippen LogP contribution in [0.3, 0.4) is 0 Å². The molecule has 122 valence electrons. The summed E-state index contributed by atoms with van der Waals surface area (Å²) >= 11 is 5.96. The summed E-state index contributed by atoms with van der Waals surface area (Å²) in [5.74, 6) is 0.455. The molecule has 0 fully saturated rings.